The van der Waals surface area contributed by atoms with Crippen LogP contribution >= 0.6 is 0 Å². The standard InChI is InChI=1S/C4H8O2.C4H6O2.C2H6O/c2*1-3(5)4(2)6;1-2-3/h3,5H,1-2H3;1-2H3;3H,2H2,1H3. The maximum atomic E-state index is 9.89. The maximum absolute atomic E-state index is 9.89. The molecule has 1 unspecified atom stereocenters. The van der Waals surface area contributed by atoms with E-state index in [4.69, 9.17) is 10.2 Å². The van der Waals surface area contributed by atoms with Crippen molar-refractivity contribution in [3.05, 3.63) is 0 Å². The summed E-state index contributed by atoms with van der Waals surface area (Å²) in [6, 6.07) is 0. The van der Waals surface area contributed by atoms with Crippen molar-refractivity contribution in [3.63, 3.8) is 0 Å². The lowest BCUT2D eigenvalue weighted by atomic mass is 10.3. The first-order valence-corrected chi connectivity index (χ1v) is 4.51. The van der Waals surface area contributed by atoms with Gasteiger partial charge in [0, 0.05) is 20.5 Å². The number of aliphatic hydroxyl groups excluding tert-OH is 2. The predicted molar refractivity (Wildman–Crippen MR) is 56.5 cm³/mol. The third kappa shape index (κ3) is 32.2. The Bertz CT molecular complexity index is 184. The second kappa shape index (κ2) is 12.9. The van der Waals surface area contributed by atoms with Crippen molar-refractivity contribution in [2.45, 2.75) is 40.7 Å². The van der Waals surface area contributed by atoms with E-state index in [0.29, 0.717) is 0 Å². The van der Waals surface area contributed by atoms with Crippen LogP contribution in [0.1, 0.15) is 34.6 Å². The number of rotatable bonds is 2. The molecule has 0 heterocycles. The minimum absolute atomic E-state index is 0.185. The van der Waals surface area contributed by atoms with E-state index in [2.05, 4.69) is 0 Å². The molecule has 0 aliphatic carbocycles. The average Bonchev–Trinajstić information content (AvgIpc) is 2.06. The van der Waals surface area contributed by atoms with Gasteiger partial charge in [0.15, 0.2) is 17.3 Å². The zero-order valence-electron chi connectivity index (χ0n) is 9.90. The Kier molecular flexibility index (Phi) is 16.8. The minimum atomic E-state index is -0.787. The second-order valence-electron chi connectivity index (χ2n) is 2.72. The van der Waals surface area contributed by atoms with E-state index in [1.807, 2.05) is 0 Å². The molecule has 1 atom stereocenters. The lowest BCUT2D eigenvalue weighted by molar-refractivity contribution is -0.134. The Hall–Kier alpha value is -1.07. The molecule has 0 aromatic heterocycles. The van der Waals surface area contributed by atoms with Gasteiger partial charge in [-0.05, 0) is 20.8 Å². The summed E-state index contributed by atoms with van der Waals surface area (Å²) in [5, 5.41) is 15.8. The molecule has 0 aliphatic heterocycles. The molecule has 2 N–H and O–H groups in total. The largest absolute Gasteiger partial charge is 0.397 e. The van der Waals surface area contributed by atoms with E-state index >= 15 is 0 Å². The van der Waals surface area contributed by atoms with Gasteiger partial charge in [-0.3, -0.25) is 14.4 Å². The van der Waals surface area contributed by atoms with Gasteiger partial charge in [0.1, 0.15) is 6.10 Å². The SMILES string of the molecule is CC(=O)C(C)=O.CC(=O)C(C)O.CCO. The Morgan fingerprint density at radius 1 is 1.07 bits per heavy atom. The number of carbonyl (C=O) groups excluding carboxylic acids is 3. The lowest BCUT2D eigenvalue weighted by Gasteiger charge is -1.90. The van der Waals surface area contributed by atoms with Gasteiger partial charge in [-0.2, -0.15) is 0 Å². The van der Waals surface area contributed by atoms with Crippen LogP contribution in [0.5, 0.6) is 0 Å². The van der Waals surface area contributed by atoms with Gasteiger partial charge < -0.3 is 10.2 Å². The second-order valence-corrected chi connectivity index (χ2v) is 2.72. The van der Waals surface area contributed by atoms with Gasteiger partial charge in [0.2, 0.25) is 0 Å². The summed E-state index contributed by atoms with van der Waals surface area (Å²) >= 11 is 0. The van der Waals surface area contributed by atoms with Crippen molar-refractivity contribution in [2.75, 3.05) is 6.61 Å². The highest BCUT2D eigenvalue weighted by atomic mass is 16.3. The third-order valence-electron chi connectivity index (χ3n) is 1.08. The maximum Gasteiger partial charge on any atom is 0.195 e. The lowest BCUT2D eigenvalue weighted by Crippen LogP contribution is -2.10. The summed E-state index contributed by atoms with van der Waals surface area (Å²) in [4.78, 5) is 29.5. The molecule has 15 heavy (non-hydrogen) atoms. The van der Waals surface area contributed by atoms with Crippen molar-refractivity contribution in [3.8, 4) is 0 Å². The fraction of sp³-hybridized carbons (Fsp3) is 0.700. The highest BCUT2D eigenvalue weighted by molar-refractivity contribution is 6.35. The molecule has 0 aromatic carbocycles. The normalized spacial score (nSPS) is 9.80. The first-order valence-electron chi connectivity index (χ1n) is 4.51. The molecule has 0 fully saturated rings. The molecular weight excluding hydrogens is 200 g/mol. The fourth-order valence-electron chi connectivity index (χ4n) is 0. The fourth-order valence-corrected chi connectivity index (χ4v) is 0. The van der Waals surface area contributed by atoms with E-state index in [9.17, 15) is 14.4 Å². The summed E-state index contributed by atoms with van der Waals surface area (Å²) in [7, 11) is 0. The first kappa shape index (κ1) is 19.5. The molecule has 5 heteroatoms. The molecular formula is C10H20O5. The zero-order valence-corrected chi connectivity index (χ0v) is 9.90. The van der Waals surface area contributed by atoms with E-state index in [1.54, 1.807) is 6.92 Å². The Labute approximate surface area is 90.1 Å². The van der Waals surface area contributed by atoms with E-state index in [-0.39, 0.29) is 24.0 Å². The average molecular weight is 220 g/mol. The Morgan fingerprint density at radius 2 is 1.20 bits per heavy atom. The van der Waals surface area contributed by atoms with Crippen LogP contribution in [-0.4, -0.2) is 40.3 Å². The molecule has 0 aliphatic rings. The number of hydrogen-bond donors (Lipinski definition) is 2. The molecule has 0 radical (unpaired) electrons. The summed E-state index contributed by atoms with van der Waals surface area (Å²) in [6.45, 7) is 7.23. The van der Waals surface area contributed by atoms with Gasteiger partial charge >= 0.3 is 0 Å². The molecule has 0 amide bonds. The minimum Gasteiger partial charge on any atom is -0.397 e. The van der Waals surface area contributed by atoms with Gasteiger partial charge in [-0.1, -0.05) is 0 Å². The van der Waals surface area contributed by atoms with Crippen molar-refractivity contribution in [2.24, 2.45) is 0 Å². The molecule has 0 spiro atoms. The van der Waals surface area contributed by atoms with Gasteiger partial charge in [0.05, 0.1) is 0 Å². The predicted octanol–water partition coefficient (Wildman–Crippen LogP) is 0.119. The van der Waals surface area contributed by atoms with Crippen LogP contribution in [0.3, 0.4) is 0 Å². The van der Waals surface area contributed by atoms with E-state index in [1.165, 1.54) is 27.7 Å². The number of ketones is 3. The first-order chi connectivity index (χ1) is 6.70. The number of carbonyl (C=O) groups is 3. The van der Waals surface area contributed by atoms with Gasteiger partial charge in [-0.15, -0.1) is 0 Å². The van der Waals surface area contributed by atoms with Crippen LogP contribution in [0.25, 0.3) is 0 Å². The van der Waals surface area contributed by atoms with Gasteiger partial charge in [-0.25, -0.2) is 0 Å². The molecule has 5 nitrogen and oxygen atoms in total. The van der Waals surface area contributed by atoms with Crippen molar-refractivity contribution < 1.29 is 24.6 Å². The van der Waals surface area contributed by atoms with E-state index < -0.39 is 6.10 Å². The smallest absolute Gasteiger partial charge is 0.195 e. The Morgan fingerprint density at radius 3 is 1.20 bits per heavy atom. The summed E-state index contributed by atoms with van der Waals surface area (Å²) in [5.74, 6) is -0.944. The summed E-state index contributed by atoms with van der Waals surface area (Å²) in [6.07, 6.45) is -0.787. The number of Topliss-reactive ketones (excluding diaryl/α,β-unsaturated/α-hetero) is 3. The highest BCUT2D eigenvalue weighted by Gasteiger charge is 1.97. The zero-order chi connectivity index (χ0) is 13.0. The molecule has 90 valence electrons. The number of hydrogen-bond acceptors (Lipinski definition) is 5. The van der Waals surface area contributed by atoms with Crippen LogP contribution in [0.15, 0.2) is 0 Å². The third-order valence-corrected chi connectivity index (χ3v) is 1.08. The van der Waals surface area contributed by atoms with Crippen LogP contribution in [0.2, 0.25) is 0 Å². The van der Waals surface area contributed by atoms with Crippen LogP contribution in [0, 0.1) is 0 Å². The monoisotopic (exact) mass is 220 g/mol. The summed E-state index contributed by atoms with van der Waals surface area (Å²) in [5.41, 5.74) is 0. The van der Waals surface area contributed by atoms with E-state index in [0.717, 1.165) is 0 Å². The Balaban J connectivity index is -0.000000153. The number of aliphatic hydroxyl groups is 2. The van der Waals surface area contributed by atoms with Gasteiger partial charge in [0.25, 0.3) is 0 Å². The van der Waals surface area contributed by atoms with Crippen LogP contribution in [-0.2, 0) is 14.4 Å². The molecule has 0 bridgehead atoms. The van der Waals surface area contributed by atoms with Crippen LogP contribution in [0.4, 0.5) is 0 Å². The van der Waals surface area contributed by atoms with Crippen LogP contribution < -0.4 is 0 Å². The molecule has 0 saturated carbocycles. The molecule has 0 saturated heterocycles. The highest BCUT2D eigenvalue weighted by Crippen LogP contribution is 1.76. The molecule has 0 aromatic rings. The molecule has 0 rings (SSSR count). The van der Waals surface area contributed by atoms with Crippen molar-refractivity contribution in [1.82, 2.24) is 0 Å². The van der Waals surface area contributed by atoms with Crippen molar-refractivity contribution >= 4 is 17.3 Å². The summed E-state index contributed by atoms with van der Waals surface area (Å²) < 4.78 is 0. The van der Waals surface area contributed by atoms with Crippen molar-refractivity contribution in [1.29, 1.82) is 0 Å². The topological polar surface area (TPSA) is 91.7 Å². The quantitative estimate of drug-likeness (QED) is 0.645.